The van der Waals surface area contributed by atoms with Gasteiger partial charge in [-0.15, -0.1) is 0 Å². The van der Waals surface area contributed by atoms with Gasteiger partial charge >= 0.3 is 0 Å². The largest absolute Gasteiger partial charge is 0.377 e. The van der Waals surface area contributed by atoms with Crippen LogP contribution in [0.3, 0.4) is 0 Å². The number of rotatable bonds is 4. The van der Waals surface area contributed by atoms with Gasteiger partial charge in [0.2, 0.25) is 0 Å². The van der Waals surface area contributed by atoms with Crippen molar-refractivity contribution in [1.29, 1.82) is 0 Å². The highest BCUT2D eigenvalue weighted by Crippen LogP contribution is 2.39. The van der Waals surface area contributed by atoms with Crippen molar-refractivity contribution in [2.45, 2.75) is 105 Å². The average Bonchev–Trinajstić information content (AvgIpc) is 2.67. The number of anilines is 2. The van der Waals surface area contributed by atoms with E-state index in [-0.39, 0.29) is 21.7 Å². The van der Waals surface area contributed by atoms with Crippen LogP contribution in [0.15, 0.2) is 24.3 Å². The molecule has 0 N–H and O–H groups in total. The molecule has 0 atom stereocenters. The molecule has 0 aliphatic rings. The van der Waals surface area contributed by atoms with Gasteiger partial charge in [0.25, 0.3) is 0 Å². The lowest BCUT2D eigenvalue weighted by Gasteiger charge is -2.31. The van der Waals surface area contributed by atoms with E-state index in [0.717, 1.165) is 0 Å². The number of hydrogen-bond acceptors (Lipinski definition) is 2. The first-order valence-corrected chi connectivity index (χ1v) is 15.7. The van der Waals surface area contributed by atoms with Gasteiger partial charge in [-0.3, -0.25) is 0 Å². The van der Waals surface area contributed by atoms with Crippen molar-refractivity contribution in [2.24, 2.45) is 0 Å². The fourth-order valence-corrected chi connectivity index (χ4v) is 8.05. The summed E-state index contributed by atoms with van der Waals surface area (Å²) in [7, 11) is 11.4. The Morgan fingerprint density at radius 3 is 0.917 bits per heavy atom. The third-order valence-electron chi connectivity index (χ3n) is 6.74. The molecular formula is C32H52N2P2. The van der Waals surface area contributed by atoms with Crippen molar-refractivity contribution in [2.75, 3.05) is 38.0 Å². The molecule has 2 rings (SSSR count). The Bertz CT molecular complexity index is 1020. The van der Waals surface area contributed by atoms with Crippen LogP contribution in [0.4, 0.5) is 11.4 Å². The maximum absolute atomic E-state index is 2.48. The Hall–Kier alpha value is -1.36. The molecule has 36 heavy (non-hydrogen) atoms. The van der Waals surface area contributed by atoms with Crippen LogP contribution in [0.25, 0.3) is 0 Å². The topological polar surface area (TPSA) is 6.48 Å². The Balaban J connectivity index is 2.96. The molecule has 0 bridgehead atoms. The first-order valence-electron chi connectivity index (χ1n) is 13.2. The minimum Gasteiger partial charge on any atom is -0.377 e. The lowest BCUT2D eigenvalue weighted by atomic mass is 9.80. The number of nitrogens with zero attached hydrogens (tertiary/aromatic N) is 2. The molecule has 0 radical (unpaired) electrons. The molecule has 2 nitrogen and oxygen atoms in total. The average molecular weight is 527 g/mol. The van der Waals surface area contributed by atoms with Crippen LogP contribution in [-0.4, -0.2) is 28.2 Å². The molecule has 0 aliphatic carbocycles. The molecule has 0 fully saturated rings. The number of hydrogen-bond donors (Lipinski definition) is 0. The van der Waals surface area contributed by atoms with E-state index in [2.05, 4.69) is 145 Å². The van der Waals surface area contributed by atoms with Crippen LogP contribution in [0.2, 0.25) is 0 Å². The molecule has 0 amide bonds. The maximum Gasteiger partial charge on any atom is 0.0490 e. The number of benzene rings is 2. The molecule has 2 aromatic rings. The summed E-state index contributed by atoms with van der Waals surface area (Å²) in [5.74, 6) is 0. The summed E-state index contributed by atoms with van der Waals surface area (Å²) in [6.07, 6.45) is 0. The summed E-state index contributed by atoms with van der Waals surface area (Å²) in [5, 5.41) is 2.90. The van der Waals surface area contributed by atoms with Crippen LogP contribution in [0.1, 0.15) is 105 Å². The SMILES string of the molecule is CN(C)c1cc(C(C)(C)C)cc(C(C)(C)C)c1P=Pc1c(N(C)C)cc(C(C)(C)C)cc1C(C)(C)C. The third kappa shape index (κ3) is 7.14. The van der Waals surface area contributed by atoms with Crippen LogP contribution < -0.4 is 20.4 Å². The molecule has 0 unspecified atom stereocenters. The van der Waals surface area contributed by atoms with Crippen LogP contribution in [0, 0.1) is 0 Å². The van der Waals surface area contributed by atoms with Crippen LogP contribution in [0.5, 0.6) is 0 Å². The highest BCUT2D eigenvalue weighted by molar-refractivity contribution is 7.91. The van der Waals surface area contributed by atoms with E-state index < -0.39 is 0 Å². The van der Waals surface area contributed by atoms with Crippen molar-refractivity contribution in [1.82, 2.24) is 0 Å². The van der Waals surface area contributed by atoms with E-state index in [9.17, 15) is 0 Å². The van der Waals surface area contributed by atoms with Gasteiger partial charge in [0, 0.05) is 50.2 Å². The Morgan fingerprint density at radius 1 is 0.444 bits per heavy atom. The normalized spacial score (nSPS) is 13.4. The minimum absolute atomic E-state index is 0.0667. The smallest absolute Gasteiger partial charge is 0.0490 e. The van der Waals surface area contributed by atoms with E-state index in [4.69, 9.17) is 0 Å². The summed E-state index contributed by atoms with van der Waals surface area (Å²) >= 11 is 0. The highest BCUT2D eigenvalue weighted by atomic mass is 31.7. The monoisotopic (exact) mass is 526 g/mol. The standard InChI is InChI=1S/C32H52N2P2/c1-29(2,3)21-17-23(31(7,8)9)27(25(19-21)33(13)14)35-36-28-24(32(10,11)12)18-22(30(4,5)6)20-26(28)34(15)16/h17-20H,1-16H3. The van der Waals surface area contributed by atoms with E-state index in [0.29, 0.717) is 0 Å². The van der Waals surface area contributed by atoms with Gasteiger partial charge in [-0.05, 0) is 71.8 Å². The summed E-state index contributed by atoms with van der Waals surface area (Å²) in [6.45, 7) is 28.0. The molecule has 0 aliphatic heterocycles. The van der Waals surface area contributed by atoms with Gasteiger partial charge in [0.1, 0.15) is 0 Å². The molecule has 0 spiro atoms. The van der Waals surface area contributed by atoms with Crippen molar-refractivity contribution < 1.29 is 0 Å². The quantitative estimate of drug-likeness (QED) is 0.367. The van der Waals surface area contributed by atoms with Gasteiger partial charge in [0.15, 0.2) is 0 Å². The minimum atomic E-state index is 0.0667. The maximum atomic E-state index is 2.48. The highest BCUT2D eigenvalue weighted by Gasteiger charge is 2.27. The fraction of sp³-hybridized carbons (Fsp3) is 0.625. The van der Waals surface area contributed by atoms with Crippen molar-refractivity contribution in [3.63, 3.8) is 0 Å². The zero-order valence-electron chi connectivity index (χ0n) is 26.1. The van der Waals surface area contributed by atoms with E-state index in [1.54, 1.807) is 0 Å². The van der Waals surface area contributed by atoms with Gasteiger partial charge in [-0.25, -0.2) is 0 Å². The van der Waals surface area contributed by atoms with E-state index in [1.807, 2.05) is 0 Å². The van der Waals surface area contributed by atoms with Crippen molar-refractivity contribution in [3.05, 3.63) is 46.5 Å². The van der Waals surface area contributed by atoms with Gasteiger partial charge in [0.05, 0.1) is 0 Å². The summed E-state index contributed by atoms with van der Waals surface area (Å²) in [4.78, 5) is 4.62. The molecule has 2 aromatic carbocycles. The molecule has 200 valence electrons. The zero-order valence-corrected chi connectivity index (χ0v) is 27.9. The van der Waals surface area contributed by atoms with Gasteiger partial charge in [-0.2, -0.15) is 0 Å². The lowest BCUT2D eigenvalue weighted by Crippen LogP contribution is -2.28. The molecule has 0 aromatic heterocycles. The van der Waals surface area contributed by atoms with Crippen LogP contribution >= 0.6 is 15.7 Å². The van der Waals surface area contributed by atoms with Gasteiger partial charge < -0.3 is 9.80 Å². The second-order valence-corrected chi connectivity index (χ2v) is 17.3. The summed E-state index contributed by atoms with van der Waals surface area (Å²) < 4.78 is 0. The van der Waals surface area contributed by atoms with Crippen molar-refractivity contribution >= 4 is 37.7 Å². The second-order valence-electron chi connectivity index (χ2n) is 14.8. The van der Waals surface area contributed by atoms with E-state index in [1.165, 1.54) is 60.0 Å². The zero-order chi connectivity index (χ0) is 28.0. The van der Waals surface area contributed by atoms with Gasteiger partial charge in [-0.1, -0.05) is 95.2 Å². The van der Waals surface area contributed by atoms with Crippen molar-refractivity contribution in [3.8, 4) is 0 Å². The molecule has 0 heterocycles. The lowest BCUT2D eigenvalue weighted by molar-refractivity contribution is 0.570. The summed E-state index contributed by atoms with van der Waals surface area (Å²) in [5.41, 5.74) is 8.78. The first-order chi connectivity index (χ1) is 16.0. The summed E-state index contributed by atoms with van der Waals surface area (Å²) in [6, 6.07) is 9.80. The third-order valence-corrected chi connectivity index (χ3v) is 9.68. The predicted molar refractivity (Wildman–Crippen MR) is 169 cm³/mol. The Kier molecular flexibility index (Phi) is 8.93. The molecule has 4 heteroatoms. The Morgan fingerprint density at radius 2 is 0.722 bits per heavy atom. The fourth-order valence-electron chi connectivity index (χ4n) is 4.24. The van der Waals surface area contributed by atoms with E-state index >= 15 is 0 Å². The molecule has 0 saturated heterocycles. The van der Waals surface area contributed by atoms with Crippen LogP contribution in [-0.2, 0) is 21.7 Å². The molecule has 0 saturated carbocycles. The Labute approximate surface area is 226 Å². The second kappa shape index (κ2) is 10.4. The predicted octanol–water partition coefficient (Wildman–Crippen LogP) is 8.77. The molecular weight excluding hydrogens is 474 g/mol. The first kappa shape index (κ1) is 30.9.